The molecule has 48 valence electrons. The van der Waals surface area contributed by atoms with E-state index in [4.69, 9.17) is 10.1 Å². The van der Waals surface area contributed by atoms with Crippen LogP contribution in [0.25, 0.3) is 0 Å². The van der Waals surface area contributed by atoms with Gasteiger partial charge in [-0.2, -0.15) is 10.7 Å². The predicted octanol–water partition coefficient (Wildman–Crippen LogP) is 0.541. The first-order chi connectivity index (χ1) is 4.37. The van der Waals surface area contributed by atoms with Gasteiger partial charge in [0.05, 0.1) is 12.0 Å². The lowest BCUT2D eigenvalue weighted by molar-refractivity contribution is 0.269. The first-order valence-electron chi connectivity index (χ1n) is 3.22. The van der Waals surface area contributed by atoms with Crippen LogP contribution in [0.1, 0.15) is 19.3 Å². The molecule has 1 heterocycles. The van der Waals surface area contributed by atoms with Gasteiger partial charge in [0.1, 0.15) is 0 Å². The van der Waals surface area contributed by atoms with Crippen molar-refractivity contribution < 1.29 is 4.84 Å². The molecule has 1 saturated heterocycles. The number of rotatable bonds is 0. The summed E-state index contributed by atoms with van der Waals surface area (Å²) in [6.45, 7) is 0. The van der Waals surface area contributed by atoms with Gasteiger partial charge in [0.15, 0.2) is 5.72 Å². The maximum atomic E-state index is 8.57. The number of nitrogens with one attached hydrogen (secondary N) is 1. The molecule has 0 aromatic heterocycles. The topological polar surface area (TPSA) is 58.3 Å². The van der Waals surface area contributed by atoms with Gasteiger partial charge in [0.25, 0.3) is 0 Å². The summed E-state index contributed by atoms with van der Waals surface area (Å²) in [6, 6.07) is 2.23. The fourth-order valence-corrected chi connectivity index (χ4v) is 1.45. The van der Waals surface area contributed by atoms with Gasteiger partial charge in [-0.1, -0.05) is 0 Å². The molecule has 1 spiro atoms. The number of nitrogens with zero attached hydrogens (tertiary/aromatic N) is 1. The second-order valence-corrected chi connectivity index (χ2v) is 2.67. The van der Waals surface area contributed by atoms with Crippen LogP contribution in [0.4, 0.5) is 0 Å². The second-order valence-electron chi connectivity index (χ2n) is 2.67. The van der Waals surface area contributed by atoms with Gasteiger partial charge in [-0.05, 0) is 19.3 Å². The van der Waals surface area contributed by atoms with Crippen LogP contribution in [0.3, 0.4) is 0 Å². The average Bonchev–Trinajstić information content (AvgIpc) is 2.45. The lowest BCUT2D eigenvalue weighted by Crippen LogP contribution is -2.18. The van der Waals surface area contributed by atoms with E-state index in [9.17, 15) is 0 Å². The van der Waals surface area contributed by atoms with Gasteiger partial charge in [-0.3, -0.25) is 4.84 Å². The largest absolute Gasteiger partial charge is 0.273 e. The van der Waals surface area contributed by atoms with Crippen molar-refractivity contribution in [1.82, 2.24) is 5.48 Å². The highest BCUT2D eigenvalue weighted by Gasteiger charge is 2.55. The fourth-order valence-electron chi connectivity index (χ4n) is 1.45. The van der Waals surface area contributed by atoms with Crippen molar-refractivity contribution in [1.29, 1.82) is 5.26 Å². The van der Waals surface area contributed by atoms with Crippen LogP contribution in [0.2, 0.25) is 0 Å². The lowest BCUT2D eigenvalue weighted by atomic mass is 10.1. The van der Waals surface area contributed by atoms with Crippen molar-refractivity contribution in [2.75, 3.05) is 0 Å². The lowest BCUT2D eigenvalue weighted by Gasteiger charge is -2.00. The first kappa shape index (κ1) is 5.21. The third kappa shape index (κ3) is 0.576. The molecular formula is C6H8N2O. The third-order valence-electron chi connectivity index (χ3n) is 2.12. The highest BCUT2D eigenvalue weighted by atomic mass is 16.8. The Labute approximate surface area is 53.6 Å². The molecule has 1 saturated carbocycles. The highest BCUT2D eigenvalue weighted by Crippen LogP contribution is 2.42. The van der Waals surface area contributed by atoms with Gasteiger partial charge in [-0.15, -0.1) is 0 Å². The number of nitriles is 1. The zero-order chi connectivity index (χ0) is 6.32. The van der Waals surface area contributed by atoms with E-state index >= 15 is 0 Å². The summed E-state index contributed by atoms with van der Waals surface area (Å²) >= 11 is 0. The fraction of sp³-hybridized carbons (Fsp3) is 0.833. The van der Waals surface area contributed by atoms with Gasteiger partial charge in [0, 0.05) is 0 Å². The Balaban J connectivity index is 2.16. The summed E-state index contributed by atoms with van der Waals surface area (Å²) in [5, 5.41) is 8.57. The summed E-state index contributed by atoms with van der Waals surface area (Å²) in [7, 11) is 0. The van der Waals surface area contributed by atoms with Crippen molar-refractivity contribution >= 4 is 0 Å². The van der Waals surface area contributed by atoms with Crippen molar-refractivity contribution in [3.05, 3.63) is 0 Å². The molecule has 3 heteroatoms. The summed E-state index contributed by atoms with van der Waals surface area (Å²) in [6.07, 6.45) is 3.11. The normalized spacial score (nSPS) is 47.2. The van der Waals surface area contributed by atoms with E-state index in [0.717, 1.165) is 19.3 Å². The molecule has 9 heavy (non-hydrogen) atoms. The Morgan fingerprint density at radius 2 is 2.56 bits per heavy atom. The quantitative estimate of drug-likeness (QED) is 0.479. The molecule has 2 fully saturated rings. The third-order valence-corrected chi connectivity index (χ3v) is 2.12. The molecule has 0 aromatic rings. The second kappa shape index (κ2) is 1.47. The van der Waals surface area contributed by atoms with E-state index in [1.807, 2.05) is 0 Å². The van der Waals surface area contributed by atoms with Gasteiger partial charge in [-0.25, -0.2) is 0 Å². The minimum absolute atomic E-state index is 0.0949. The summed E-state index contributed by atoms with van der Waals surface area (Å²) in [5.74, 6) is 0.0949. The zero-order valence-electron chi connectivity index (χ0n) is 5.05. The monoisotopic (exact) mass is 124 g/mol. The van der Waals surface area contributed by atoms with E-state index in [-0.39, 0.29) is 11.6 Å². The van der Waals surface area contributed by atoms with E-state index in [2.05, 4.69) is 11.5 Å². The zero-order valence-corrected chi connectivity index (χ0v) is 5.05. The highest BCUT2D eigenvalue weighted by molar-refractivity contribution is 5.05. The summed E-state index contributed by atoms with van der Waals surface area (Å²) < 4.78 is 0. The molecule has 0 amide bonds. The van der Waals surface area contributed by atoms with Gasteiger partial charge >= 0.3 is 0 Å². The summed E-state index contributed by atoms with van der Waals surface area (Å²) in [4.78, 5) is 4.99. The van der Waals surface area contributed by atoms with Crippen LogP contribution in [0.5, 0.6) is 0 Å². The maximum Gasteiger partial charge on any atom is 0.177 e. The van der Waals surface area contributed by atoms with E-state index in [1.54, 1.807) is 0 Å². The van der Waals surface area contributed by atoms with E-state index in [1.165, 1.54) is 0 Å². The van der Waals surface area contributed by atoms with Crippen molar-refractivity contribution in [2.24, 2.45) is 5.92 Å². The van der Waals surface area contributed by atoms with Gasteiger partial charge < -0.3 is 0 Å². The van der Waals surface area contributed by atoms with Crippen LogP contribution in [-0.2, 0) is 4.84 Å². The van der Waals surface area contributed by atoms with Crippen LogP contribution < -0.4 is 5.48 Å². The first-order valence-corrected chi connectivity index (χ1v) is 3.22. The molecule has 1 aliphatic carbocycles. The Kier molecular flexibility index (Phi) is 0.850. The van der Waals surface area contributed by atoms with Crippen LogP contribution in [0.15, 0.2) is 0 Å². The molecule has 1 N–H and O–H groups in total. The minimum Gasteiger partial charge on any atom is -0.273 e. The molecule has 2 aliphatic rings. The molecule has 3 nitrogen and oxygen atoms in total. The van der Waals surface area contributed by atoms with Gasteiger partial charge in [0.2, 0.25) is 0 Å². The number of hydroxylamine groups is 1. The standard InChI is InChI=1S/C6H8N2O/c7-4-5-2-1-3-6(5)8-9-6/h5,8H,1-3H2. The van der Waals surface area contributed by atoms with Crippen molar-refractivity contribution in [3.63, 3.8) is 0 Å². The Morgan fingerprint density at radius 1 is 1.78 bits per heavy atom. The molecule has 0 bridgehead atoms. The average molecular weight is 124 g/mol. The van der Waals surface area contributed by atoms with Crippen molar-refractivity contribution in [3.8, 4) is 6.07 Å². The molecule has 2 atom stereocenters. The number of hydrogen-bond donors (Lipinski definition) is 1. The Hall–Kier alpha value is -0.590. The summed E-state index contributed by atoms with van der Waals surface area (Å²) in [5.41, 5.74) is 2.59. The Bertz CT molecular complexity index is 168. The SMILES string of the molecule is N#CC1CCCC12NO2. The van der Waals surface area contributed by atoms with Crippen LogP contribution in [-0.4, -0.2) is 5.72 Å². The molecule has 0 radical (unpaired) electrons. The molecule has 2 rings (SSSR count). The maximum absolute atomic E-state index is 8.57. The van der Waals surface area contributed by atoms with Crippen LogP contribution >= 0.6 is 0 Å². The van der Waals surface area contributed by atoms with E-state index < -0.39 is 0 Å². The molecular weight excluding hydrogens is 116 g/mol. The number of hydrogen-bond acceptors (Lipinski definition) is 3. The van der Waals surface area contributed by atoms with E-state index in [0.29, 0.717) is 0 Å². The molecule has 1 aliphatic heterocycles. The molecule has 0 aromatic carbocycles. The molecule has 2 unspecified atom stereocenters. The predicted molar refractivity (Wildman–Crippen MR) is 29.9 cm³/mol. The van der Waals surface area contributed by atoms with Crippen LogP contribution in [0, 0.1) is 17.2 Å². The minimum atomic E-state index is -0.200. The van der Waals surface area contributed by atoms with Crippen molar-refractivity contribution in [2.45, 2.75) is 25.0 Å². The smallest absolute Gasteiger partial charge is 0.177 e. The Morgan fingerprint density at radius 3 is 3.00 bits per heavy atom.